The van der Waals surface area contributed by atoms with Crippen molar-refractivity contribution >= 4 is 11.6 Å². The summed E-state index contributed by atoms with van der Waals surface area (Å²) >= 11 is 0. The Kier molecular flexibility index (Phi) is 3.33. The summed E-state index contributed by atoms with van der Waals surface area (Å²) in [7, 11) is 0. The first kappa shape index (κ1) is 14.2. The topological polar surface area (TPSA) is 34.1 Å². The van der Waals surface area contributed by atoms with Crippen LogP contribution < -0.4 is 0 Å². The Morgan fingerprint density at radius 3 is 1.92 bits per heavy atom. The third-order valence-electron chi connectivity index (χ3n) is 4.07. The first-order chi connectivity index (χ1) is 11.8. The molecule has 0 saturated heterocycles. The Hall–Kier alpha value is -3.44. The number of carbonyl (C=O) groups is 2. The number of fused-ring (bicyclic) bond motifs is 2. The van der Waals surface area contributed by atoms with E-state index in [1.807, 2.05) is 30.3 Å². The molecule has 0 saturated carbocycles. The van der Waals surface area contributed by atoms with E-state index < -0.39 is 0 Å². The van der Waals surface area contributed by atoms with Crippen molar-refractivity contribution in [1.82, 2.24) is 0 Å². The molecule has 0 atom stereocenters. The van der Waals surface area contributed by atoms with Crippen LogP contribution in [0.3, 0.4) is 0 Å². The van der Waals surface area contributed by atoms with Crippen LogP contribution in [-0.2, 0) is 0 Å². The first-order valence-electron chi connectivity index (χ1n) is 7.64. The van der Waals surface area contributed by atoms with Gasteiger partial charge >= 0.3 is 0 Å². The fourth-order valence-corrected chi connectivity index (χ4v) is 2.91. The smallest absolute Gasteiger partial charge is 0.195 e. The van der Waals surface area contributed by atoms with E-state index in [1.165, 1.54) is 0 Å². The zero-order valence-corrected chi connectivity index (χ0v) is 12.7. The molecule has 0 heterocycles. The zero-order valence-electron chi connectivity index (χ0n) is 12.7. The number of ketones is 2. The molecule has 2 heteroatoms. The number of hydrogen-bond acceptors (Lipinski definition) is 2. The summed E-state index contributed by atoms with van der Waals surface area (Å²) in [6.07, 6.45) is 0. The standard InChI is InChI=1S/C22H12O2/c23-21-17-10-4-5-11-18(17)22(24)20-16(9-6-12-19(20)21)14-13-15-7-2-1-3-8-15/h1-12H. The van der Waals surface area contributed by atoms with Crippen molar-refractivity contribution in [2.75, 3.05) is 0 Å². The van der Waals surface area contributed by atoms with E-state index in [0.29, 0.717) is 27.8 Å². The van der Waals surface area contributed by atoms with Gasteiger partial charge in [0.2, 0.25) is 0 Å². The molecule has 0 unspecified atom stereocenters. The van der Waals surface area contributed by atoms with E-state index in [4.69, 9.17) is 0 Å². The van der Waals surface area contributed by atoms with Crippen LogP contribution in [0.1, 0.15) is 43.0 Å². The summed E-state index contributed by atoms with van der Waals surface area (Å²) < 4.78 is 0. The van der Waals surface area contributed by atoms with Crippen LogP contribution in [0, 0.1) is 11.8 Å². The summed E-state index contributed by atoms with van der Waals surface area (Å²) in [5, 5.41) is 0. The maximum atomic E-state index is 12.9. The molecule has 0 aliphatic heterocycles. The lowest BCUT2D eigenvalue weighted by Crippen LogP contribution is -2.21. The normalized spacial score (nSPS) is 12.0. The Morgan fingerprint density at radius 1 is 0.542 bits per heavy atom. The number of carbonyl (C=O) groups excluding carboxylic acids is 2. The molecule has 0 N–H and O–H groups in total. The molecule has 3 aromatic rings. The monoisotopic (exact) mass is 308 g/mol. The summed E-state index contributed by atoms with van der Waals surface area (Å²) in [6.45, 7) is 0. The molecule has 4 rings (SSSR count). The van der Waals surface area contributed by atoms with Crippen molar-refractivity contribution < 1.29 is 9.59 Å². The van der Waals surface area contributed by atoms with Crippen LogP contribution in [0.15, 0.2) is 72.8 Å². The summed E-state index contributed by atoms with van der Waals surface area (Å²) in [4.78, 5) is 25.5. The molecule has 0 aromatic heterocycles. The average Bonchev–Trinajstić information content (AvgIpc) is 2.65. The van der Waals surface area contributed by atoms with Gasteiger partial charge in [-0.3, -0.25) is 9.59 Å². The molecule has 24 heavy (non-hydrogen) atoms. The van der Waals surface area contributed by atoms with Crippen LogP contribution in [0.2, 0.25) is 0 Å². The van der Waals surface area contributed by atoms with Gasteiger partial charge in [0, 0.05) is 33.4 Å². The van der Waals surface area contributed by atoms with E-state index in [9.17, 15) is 9.59 Å². The second-order valence-electron chi connectivity index (χ2n) is 5.55. The van der Waals surface area contributed by atoms with Crippen LogP contribution in [0.25, 0.3) is 0 Å². The van der Waals surface area contributed by atoms with E-state index >= 15 is 0 Å². The highest BCUT2D eigenvalue weighted by molar-refractivity contribution is 6.29. The molecule has 0 bridgehead atoms. The molecule has 3 aromatic carbocycles. The molecular weight excluding hydrogens is 296 g/mol. The highest BCUT2D eigenvalue weighted by Gasteiger charge is 2.30. The van der Waals surface area contributed by atoms with Crippen molar-refractivity contribution in [3.05, 3.63) is 106 Å². The number of hydrogen-bond donors (Lipinski definition) is 0. The van der Waals surface area contributed by atoms with Gasteiger partial charge in [0.1, 0.15) is 0 Å². The highest BCUT2D eigenvalue weighted by atomic mass is 16.1. The summed E-state index contributed by atoms with van der Waals surface area (Å²) in [5.74, 6) is 5.84. The molecule has 0 radical (unpaired) electrons. The van der Waals surface area contributed by atoms with Crippen LogP contribution in [0.5, 0.6) is 0 Å². The van der Waals surface area contributed by atoms with Crippen molar-refractivity contribution in [2.24, 2.45) is 0 Å². The van der Waals surface area contributed by atoms with Crippen molar-refractivity contribution in [2.45, 2.75) is 0 Å². The molecule has 112 valence electrons. The third-order valence-corrected chi connectivity index (χ3v) is 4.07. The fraction of sp³-hybridized carbons (Fsp3) is 0. The third kappa shape index (κ3) is 2.24. The molecule has 2 nitrogen and oxygen atoms in total. The summed E-state index contributed by atoms with van der Waals surface area (Å²) in [6, 6.07) is 21.7. The van der Waals surface area contributed by atoms with E-state index in [0.717, 1.165) is 5.56 Å². The minimum absolute atomic E-state index is 0.122. The van der Waals surface area contributed by atoms with Gasteiger partial charge in [0.05, 0.1) is 0 Å². The Labute approximate surface area is 139 Å². The lowest BCUT2D eigenvalue weighted by molar-refractivity contribution is 0.0979. The Morgan fingerprint density at radius 2 is 1.17 bits per heavy atom. The van der Waals surface area contributed by atoms with Gasteiger partial charge in [-0.25, -0.2) is 0 Å². The van der Waals surface area contributed by atoms with Crippen LogP contribution in [0.4, 0.5) is 0 Å². The molecule has 1 aliphatic rings. The SMILES string of the molecule is O=C1c2ccccc2C(=O)c2c(C#Cc3ccccc3)cccc21. The summed E-state index contributed by atoms with van der Waals surface area (Å²) in [5.41, 5.74) is 3.20. The maximum Gasteiger partial charge on any atom is 0.195 e. The molecule has 0 fully saturated rings. The Balaban J connectivity index is 1.88. The lowest BCUT2D eigenvalue weighted by Gasteiger charge is -2.18. The molecular formula is C22H12O2. The second-order valence-corrected chi connectivity index (χ2v) is 5.55. The number of rotatable bonds is 0. The molecule has 0 spiro atoms. The number of benzene rings is 3. The van der Waals surface area contributed by atoms with Gasteiger partial charge < -0.3 is 0 Å². The largest absolute Gasteiger partial charge is 0.289 e. The van der Waals surface area contributed by atoms with Gasteiger partial charge in [0.25, 0.3) is 0 Å². The fourth-order valence-electron chi connectivity index (χ4n) is 2.91. The van der Waals surface area contributed by atoms with Crippen LogP contribution >= 0.6 is 0 Å². The van der Waals surface area contributed by atoms with Crippen molar-refractivity contribution in [1.29, 1.82) is 0 Å². The average molecular weight is 308 g/mol. The van der Waals surface area contributed by atoms with Gasteiger partial charge in [-0.15, -0.1) is 0 Å². The molecule has 1 aliphatic carbocycles. The predicted molar refractivity (Wildman–Crippen MR) is 92.2 cm³/mol. The van der Waals surface area contributed by atoms with E-state index in [-0.39, 0.29) is 11.6 Å². The van der Waals surface area contributed by atoms with Crippen LogP contribution in [-0.4, -0.2) is 11.6 Å². The Bertz CT molecular complexity index is 1030. The van der Waals surface area contributed by atoms with Crippen molar-refractivity contribution in [3.8, 4) is 11.8 Å². The van der Waals surface area contributed by atoms with Gasteiger partial charge in [-0.1, -0.05) is 66.4 Å². The van der Waals surface area contributed by atoms with Gasteiger partial charge in [-0.2, -0.15) is 0 Å². The molecule has 0 amide bonds. The highest BCUT2D eigenvalue weighted by Crippen LogP contribution is 2.29. The second kappa shape index (κ2) is 5.64. The van der Waals surface area contributed by atoms with E-state index in [1.54, 1.807) is 42.5 Å². The van der Waals surface area contributed by atoms with E-state index in [2.05, 4.69) is 11.8 Å². The minimum Gasteiger partial charge on any atom is -0.289 e. The lowest BCUT2D eigenvalue weighted by atomic mass is 9.82. The zero-order chi connectivity index (χ0) is 16.5. The van der Waals surface area contributed by atoms with Crippen molar-refractivity contribution in [3.63, 3.8) is 0 Å². The maximum absolute atomic E-state index is 12.9. The van der Waals surface area contributed by atoms with Gasteiger partial charge in [-0.05, 0) is 18.2 Å². The predicted octanol–water partition coefficient (Wildman–Crippen LogP) is 3.86. The quantitative estimate of drug-likeness (QED) is 0.462. The minimum atomic E-state index is -0.141. The van der Waals surface area contributed by atoms with Gasteiger partial charge in [0.15, 0.2) is 11.6 Å². The first-order valence-corrected chi connectivity index (χ1v) is 7.64.